The summed E-state index contributed by atoms with van der Waals surface area (Å²) in [6.45, 7) is 0. The van der Waals surface area contributed by atoms with Crippen molar-refractivity contribution in [3.63, 3.8) is 0 Å². The molecule has 0 aliphatic heterocycles. The van der Waals surface area contributed by atoms with Gasteiger partial charge in [-0.2, -0.15) is 0 Å². The maximum absolute atomic E-state index is 13.4. The van der Waals surface area contributed by atoms with Crippen LogP contribution >= 0.6 is 11.6 Å². The lowest BCUT2D eigenvalue weighted by molar-refractivity contribution is -0.118. The second-order valence-electron chi connectivity index (χ2n) is 7.23. The number of carbonyl (C=O) groups excluding carboxylic acids is 1. The number of amides is 1. The second-order valence-corrected chi connectivity index (χ2v) is 11.9. The Hall–Kier alpha value is -1.98. The van der Waals surface area contributed by atoms with Crippen LogP contribution in [0.15, 0.2) is 58.3 Å². The Bertz CT molecular complexity index is 1160. The van der Waals surface area contributed by atoms with E-state index in [2.05, 4.69) is 5.32 Å². The summed E-state index contributed by atoms with van der Waals surface area (Å²) in [7, 11) is -5.31. The number of hydrogen-bond acceptors (Lipinski definition) is 6. The lowest BCUT2D eigenvalue weighted by Crippen LogP contribution is -2.47. The van der Waals surface area contributed by atoms with Crippen molar-refractivity contribution in [3.8, 4) is 0 Å². The van der Waals surface area contributed by atoms with Gasteiger partial charge in [-0.25, -0.2) is 16.8 Å². The van der Waals surface area contributed by atoms with Crippen LogP contribution < -0.4 is 5.32 Å². The Morgan fingerprint density at radius 1 is 0.968 bits per heavy atom. The predicted octanol–water partition coefficient (Wildman–Crippen LogP) is 3.25. The molecule has 1 N–H and O–H groups in total. The molecular weight excluding hydrogens is 464 g/mol. The van der Waals surface area contributed by atoms with Crippen LogP contribution in [0.4, 0.5) is 5.69 Å². The van der Waals surface area contributed by atoms with Crippen LogP contribution in [0.25, 0.3) is 0 Å². The number of benzene rings is 2. The summed E-state index contributed by atoms with van der Waals surface area (Å²) in [5.74, 6) is -0.635. The summed E-state index contributed by atoms with van der Waals surface area (Å²) in [5, 5.41) is 3.05. The number of carbonyl (C=O) groups is 1. The van der Waals surface area contributed by atoms with E-state index in [4.69, 9.17) is 16.4 Å². The fraction of sp³-hybridized carbons (Fsp3) is 0.350. The molecule has 1 aliphatic carbocycles. The van der Waals surface area contributed by atoms with Gasteiger partial charge < -0.3 is 5.32 Å². The van der Waals surface area contributed by atoms with Gasteiger partial charge in [0.2, 0.25) is 5.91 Å². The van der Waals surface area contributed by atoms with E-state index < -0.39 is 30.5 Å². The number of sulfone groups is 1. The topological polar surface area (TPSA) is 110 Å². The number of rotatable bonds is 7. The molecule has 0 saturated heterocycles. The summed E-state index contributed by atoms with van der Waals surface area (Å²) < 4.78 is 50.5. The van der Waals surface area contributed by atoms with Gasteiger partial charge in [0.05, 0.1) is 16.9 Å². The monoisotopic (exact) mass is 486 g/mol. The Morgan fingerprint density at radius 3 is 2.00 bits per heavy atom. The zero-order valence-electron chi connectivity index (χ0n) is 17.0. The minimum absolute atomic E-state index is 0.0285. The van der Waals surface area contributed by atoms with Gasteiger partial charge >= 0.3 is 0 Å². The summed E-state index contributed by atoms with van der Waals surface area (Å²) in [6, 6.07) is 11.2. The number of hydrogen-bond donors (Lipinski definition) is 1. The van der Waals surface area contributed by atoms with Crippen LogP contribution in [0.5, 0.6) is 0 Å². The number of nitrogens with one attached hydrogen (secondary N) is 1. The van der Waals surface area contributed by atoms with Crippen LogP contribution in [-0.4, -0.2) is 46.1 Å². The van der Waals surface area contributed by atoms with E-state index in [0.29, 0.717) is 28.0 Å². The Balaban J connectivity index is 1.89. The molecule has 0 heterocycles. The van der Waals surface area contributed by atoms with Gasteiger partial charge in [0.1, 0.15) is 0 Å². The summed E-state index contributed by atoms with van der Waals surface area (Å²) >= 11 is 5.87. The first kappa shape index (κ1) is 23.7. The van der Waals surface area contributed by atoms with Gasteiger partial charge in [0.25, 0.3) is 10.0 Å². The van der Waals surface area contributed by atoms with Crippen molar-refractivity contribution in [1.82, 2.24) is 4.47 Å². The van der Waals surface area contributed by atoms with Crippen LogP contribution in [0.3, 0.4) is 0 Å². The van der Waals surface area contributed by atoms with Crippen LogP contribution in [0.2, 0.25) is 5.02 Å². The molecule has 168 valence electrons. The molecule has 0 unspecified atom stereocenters. The van der Waals surface area contributed by atoms with Crippen LogP contribution in [0.1, 0.15) is 25.7 Å². The minimum Gasteiger partial charge on any atom is -0.325 e. The smallest absolute Gasteiger partial charge is 0.264 e. The number of sulfonamides is 1. The maximum atomic E-state index is 13.4. The molecule has 1 amide bonds. The molecule has 0 radical (unpaired) electrons. The molecule has 1 fully saturated rings. The van der Waals surface area contributed by atoms with E-state index in [1.807, 2.05) is 0 Å². The standard InChI is InChI=1S/C20H23ClN2O6S2/c1-23(29-2)31(27,28)18-11-7-16(8-12-18)22-19(24)20(13-3-4-14-20)30(25,26)17-9-5-15(21)6-10-17/h5-12H,3-4,13-14H2,1-2H3,(H,22,24). The Morgan fingerprint density at radius 2 is 1.48 bits per heavy atom. The number of hydroxylamine groups is 1. The third-order valence-corrected chi connectivity index (χ3v) is 9.93. The summed E-state index contributed by atoms with van der Waals surface area (Å²) in [6.07, 6.45) is 1.63. The third-order valence-electron chi connectivity index (χ3n) is 5.47. The molecule has 3 rings (SSSR count). The summed E-state index contributed by atoms with van der Waals surface area (Å²) in [5.41, 5.74) is 0.293. The first-order valence-electron chi connectivity index (χ1n) is 9.49. The lowest BCUT2D eigenvalue weighted by atomic mass is 10.1. The van der Waals surface area contributed by atoms with E-state index in [9.17, 15) is 21.6 Å². The van der Waals surface area contributed by atoms with Crippen LogP contribution in [0, 0.1) is 0 Å². The van der Waals surface area contributed by atoms with Crippen molar-refractivity contribution >= 4 is 43.1 Å². The highest BCUT2D eigenvalue weighted by atomic mass is 35.5. The average Bonchev–Trinajstić information content (AvgIpc) is 3.26. The summed E-state index contributed by atoms with van der Waals surface area (Å²) in [4.78, 5) is 17.9. The van der Waals surface area contributed by atoms with Gasteiger partial charge in [-0.3, -0.25) is 9.63 Å². The minimum atomic E-state index is -3.97. The van der Waals surface area contributed by atoms with Crippen molar-refractivity contribution in [1.29, 1.82) is 0 Å². The molecule has 0 aromatic heterocycles. The average molecular weight is 487 g/mol. The normalized spacial score (nSPS) is 16.4. The Labute approximate surface area is 187 Å². The number of nitrogens with zero attached hydrogens (tertiary/aromatic N) is 1. The first-order valence-corrected chi connectivity index (χ1v) is 12.8. The molecule has 1 saturated carbocycles. The van der Waals surface area contributed by atoms with Gasteiger partial charge in [-0.05, 0) is 61.4 Å². The zero-order chi connectivity index (χ0) is 22.9. The zero-order valence-corrected chi connectivity index (χ0v) is 19.4. The molecule has 0 spiro atoms. The predicted molar refractivity (Wildman–Crippen MR) is 117 cm³/mol. The first-order chi connectivity index (χ1) is 14.5. The van der Waals surface area contributed by atoms with Crippen molar-refractivity contribution in [3.05, 3.63) is 53.6 Å². The number of halogens is 1. The molecule has 1 aliphatic rings. The molecule has 0 bridgehead atoms. The van der Waals surface area contributed by atoms with E-state index >= 15 is 0 Å². The molecule has 8 nitrogen and oxygen atoms in total. The third kappa shape index (κ3) is 4.35. The highest BCUT2D eigenvalue weighted by Gasteiger charge is 2.53. The Kier molecular flexibility index (Phi) is 6.78. The highest BCUT2D eigenvalue weighted by Crippen LogP contribution is 2.41. The highest BCUT2D eigenvalue weighted by molar-refractivity contribution is 7.93. The quantitative estimate of drug-likeness (QED) is 0.601. The van der Waals surface area contributed by atoms with E-state index in [0.717, 1.165) is 0 Å². The van der Waals surface area contributed by atoms with Gasteiger partial charge in [0, 0.05) is 17.8 Å². The SMILES string of the molecule is CON(C)S(=O)(=O)c1ccc(NC(=O)C2(S(=O)(=O)c3ccc(Cl)cc3)CCCC2)cc1. The molecule has 2 aromatic rings. The molecule has 2 aromatic carbocycles. The van der Waals surface area contributed by atoms with Crippen molar-refractivity contribution < 1.29 is 26.5 Å². The maximum Gasteiger partial charge on any atom is 0.264 e. The fourth-order valence-corrected chi connectivity index (χ4v) is 6.77. The largest absolute Gasteiger partial charge is 0.325 e. The molecule has 0 atom stereocenters. The van der Waals surface area contributed by atoms with E-state index in [1.165, 1.54) is 62.7 Å². The van der Waals surface area contributed by atoms with Gasteiger partial charge in [-0.15, -0.1) is 0 Å². The second kappa shape index (κ2) is 8.87. The molecule has 11 heteroatoms. The van der Waals surface area contributed by atoms with Gasteiger partial charge in [0.15, 0.2) is 14.6 Å². The number of anilines is 1. The van der Waals surface area contributed by atoms with E-state index in [1.54, 1.807) is 0 Å². The molecule has 31 heavy (non-hydrogen) atoms. The van der Waals surface area contributed by atoms with E-state index in [-0.39, 0.29) is 22.6 Å². The lowest BCUT2D eigenvalue weighted by Gasteiger charge is -2.27. The van der Waals surface area contributed by atoms with Crippen molar-refractivity contribution in [2.24, 2.45) is 0 Å². The van der Waals surface area contributed by atoms with Crippen molar-refractivity contribution in [2.45, 2.75) is 40.2 Å². The molecular formula is C20H23ClN2O6S2. The van der Waals surface area contributed by atoms with Crippen LogP contribution in [-0.2, 0) is 29.5 Å². The van der Waals surface area contributed by atoms with Crippen molar-refractivity contribution in [2.75, 3.05) is 19.5 Å². The fourth-order valence-electron chi connectivity index (χ4n) is 3.61. The van der Waals surface area contributed by atoms with Gasteiger partial charge in [-0.1, -0.05) is 28.9 Å².